The molecule has 0 aliphatic carbocycles. The Hall–Kier alpha value is -2.62. The maximum absolute atomic E-state index is 12.3. The van der Waals surface area contributed by atoms with Gasteiger partial charge in [0.2, 0.25) is 0 Å². The molecule has 3 rings (SSSR count). The van der Waals surface area contributed by atoms with Gasteiger partial charge in [-0.25, -0.2) is 9.79 Å². The number of para-hydroxylation sites is 2. The first-order valence-electron chi connectivity index (χ1n) is 7.37. The number of hydrogen-bond donors (Lipinski definition) is 1. The van der Waals surface area contributed by atoms with Gasteiger partial charge in [-0.15, -0.1) is 0 Å². The fourth-order valence-electron chi connectivity index (χ4n) is 2.48. The third-order valence-electron chi connectivity index (χ3n) is 3.61. The summed E-state index contributed by atoms with van der Waals surface area (Å²) < 4.78 is 5.16. The summed E-state index contributed by atoms with van der Waals surface area (Å²) in [6.45, 7) is 4.16. The largest absolute Gasteiger partial charge is 0.461 e. The third-order valence-corrected chi connectivity index (χ3v) is 3.61. The van der Waals surface area contributed by atoms with Crippen LogP contribution < -0.4 is 5.32 Å². The summed E-state index contributed by atoms with van der Waals surface area (Å²) in [4.78, 5) is 16.8. The zero-order valence-corrected chi connectivity index (χ0v) is 12.7. The summed E-state index contributed by atoms with van der Waals surface area (Å²) in [5.74, 6) is -0.380. The molecule has 0 amide bonds. The molecule has 0 aromatic heterocycles. The summed E-state index contributed by atoms with van der Waals surface area (Å²) in [7, 11) is 0. The number of aliphatic imine (C=N–C) groups is 1. The lowest BCUT2D eigenvalue weighted by Gasteiger charge is -2.26. The molecule has 0 bridgehead atoms. The lowest BCUT2D eigenvalue weighted by molar-refractivity contribution is -0.135. The minimum absolute atomic E-state index is 0.297. The quantitative estimate of drug-likeness (QED) is 0.876. The van der Waals surface area contributed by atoms with E-state index in [0.717, 1.165) is 16.9 Å². The van der Waals surface area contributed by atoms with Crippen LogP contribution in [0.2, 0.25) is 0 Å². The van der Waals surface area contributed by atoms with Gasteiger partial charge in [0.25, 0.3) is 0 Å². The Morgan fingerprint density at radius 2 is 1.91 bits per heavy atom. The van der Waals surface area contributed by atoms with Crippen LogP contribution in [0.25, 0.3) is 0 Å². The molecule has 1 aliphatic heterocycles. The van der Waals surface area contributed by atoms with Crippen molar-refractivity contribution >= 4 is 23.1 Å². The van der Waals surface area contributed by atoms with E-state index in [4.69, 9.17) is 4.74 Å². The molecule has 1 N–H and O–H groups in total. The molecule has 0 spiro atoms. The van der Waals surface area contributed by atoms with Crippen LogP contribution in [-0.4, -0.2) is 18.3 Å². The van der Waals surface area contributed by atoms with Crippen molar-refractivity contribution in [1.82, 2.24) is 0 Å². The van der Waals surface area contributed by atoms with Gasteiger partial charge in [-0.05, 0) is 31.5 Å². The van der Waals surface area contributed by atoms with E-state index in [2.05, 4.69) is 10.3 Å². The minimum atomic E-state index is -0.380. The Labute approximate surface area is 129 Å². The first-order chi connectivity index (χ1) is 10.7. The molecule has 0 saturated heterocycles. The molecule has 0 radical (unpaired) electrons. The zero-order chi connectivity index (χ0) is 15.5. The fourth-order valence-corrected chi connectivity index (χ4v) is 2.48. The predicted molar refractivity (Wildman–Crippen MR) is 87.7 cm³/mol. The molecule has 2 aromatic carbocycles. The number of carbonyl (C=O) groups is 1. The number of hydrogen-bond acceptors (Lipinski definition) is 4. The normalized spacial score (nSPS) is 16.3. The number of nitrogens with one attached hydrogen (secondary N) is 1. The summed E-state index contributed by atoms with van der Waals surface area (Å²) >= 11 is 0. The Kier molecular flexibility index (Phi) is 3.92. The van der Waals surface area contributed by atoms with E-state index in [0.29, 0.717) is 12.3 Å². The van der Waals surface area contributed by atoms with E-state index in [1.54, 1.807) is 6.92 Å². The monoisotopic (exact) mass is 294 g/mol. The van der Waals surface area contributed by atoms with Crippen LogP contribution in [-0.2, 0) is 9.53 Å². The molecule has 0 fully saturated rings. The number of carbonyl (C=O) groups excluding carboxylic acids is 1. The Morgan fingerprint density at radius 3 is 2.64 bits per heavy atom. The van der Waals surface area contributed by atoms with Crippen LogP contribution in [0.15, 0.2) is 53.5 Å². The lowest BCUT2D eigenvalue weighted by Crippen LogP contribution is -2.31. The second-order valence-corrected chi connectivity index (χ2v) is 5.22. The van der Waals surface area contributed by atoms with Crippen molar-refractivity contribution < 1.29 is 9.53 Å². The molecule has 4 nitrogen and oxygen atoms in total. The van der Waals surface area contributed by atoms with Crippen molar-refractivity contribution in [3.63, 3.8) is 0 Å². The summed E-state index contributed by atoms with van der Waals surface area (Å²) in [5.41, 5.74) is 4.24. The van der Waals surface area contributed by atoms with Crippen LogP contribution >= 0.6 is 0 Å². The van der Waals surface area contributed by atoms with E-state index in [9.17, 15) is 4.79 Å². The zero-order valence-electron chi connectivity index (χ0n) is 12.7. The fraction of sp³-hybridized carbons (Fsp3) is 0.222. The molecule has 0 saturated carbocycles. The minimum Gasteiger partial charge on any atom is -0.461 e. The Morgan fingerprint density at radius 1 is 1.18 bits per heavy atom. The lowest BCUT2D eigenvalue weighted by atomic mass is 9.98. The highest BCUT2D eigenvalue weighted by Gasteiger charge is 2.29. The molecule has 2 aromatic rings. The number of ether oxygens (including phenoxy) is 1. The smallest absolute Gasteiger partial charge is 0.355 e. The van der Waals surface area contributed by atoms with Crippen LogP contribution in [0, 0.1) is 6.92 Å². The van der Waals surface area contributed by atoms with Gasteiger partial charge in [0, 0.05) is 0 Å². The Bertz CT molecular complexity index is 720. The van der Waals surface area contributed by atoms with Gasteiger partial charge in [-0.2, -0.15) is 0 Å². The molecule has 1 aliphatic rings. The first kappa shape index (κ1) is 14.3. The number of esters is 1. The van der Waals surface area contributed by atoms with Crippen LogP contribution in [0.5, 0.6) is 0 Å². The number of fused-ring (bicyclic) bond motifs is 1. The number of benzene rings is 2. The van der Waals surface area contributed by atoms with Crippen molar-refractivity contribution in [3.8, 4) is 0 Å². The number of nitrogens with zero attached hydrogens (tertiary/aromatic N) is 1. The number of anilines is 1. The molecule has 1 unspecified atom stereocenters. The second-order valence-electron chi connectivity index (χ2n) is 5.22. The standard InChI is InChI=1S/C18H18N2O2/c1-3-22-18(21)17-16(13-10-8-12(2)9-11-13)19-14-6-4-5-7-15(14)20-17/h4-11,16,19H,3H2,1-2H3. The molecule has 22 heavy (non-hydrogen) atoms. The van der Waals surface area contributed by atoms with Crippen molar-refractivity contribution in [2.75, 3.05) is 11.9 Å². The van der Waals surface area contributed by atoms with Crippen molar-refractivity contribution in [2.24, 2.45) is 4.99 Å². The van der Waals surface area contributed by atoms with E-state index in [-0.39, 0.29) is 12.0 Å². The van der Waals surface area contributed by atoms with Gasteiger partial charge >= 0.3 is 5.97 Å². The first-order valence-corrected chi connectivity index (χ1v) is 7.37. The van der Waals surface area contributed by atoms with Gasteiger partial charge in [-0.1, -0.05) is 42.0 Å². The van der Waals surface area contributed by atoms with E-state index in [1.807, 2.05) is 55.5 Å². The number of rotatable bonds is 3. The van der Waals surface area contributed by atoms with Gasteiger partial charge in [-0.3, -0.25) is 0 Å². The van der Waals surface area contributed by atoms with E-state index >= 15 is 0 Å². The highest BCUT2D eigenvalue weighted by Crippen LogP contribution is 2.35. The van der Waals surface area contributed by atoms with Gasteiger partial charge in [0.05, 0.1) is 18.0 Å². The Balaban J connectivity index is 2.04. The summed E-state index contributed by atoms with van der Waals surface area (Å²) in [5, 5.41) is 3.39. The summed E-state index contributed by atoms with van der Waals surface area (Å²) in [6.07, 6.45) is 0. The van der Waals surface area contributed by atoms with Crippen LogP contribution in [0.4, 0.5) is 11.4 Å². The van der Waals surface area contributed by atoms with E-state index in [1.165, 1.54) is 5.56 Å². The summed E-state index contributed by atoms with van der Waals surface area (Å²) in [6, 6.07) is 15.5. The van der Waals surface area contributed by atoms with Crippen LogP contribution in [0.3, 0.4) is 0 Å². The highest BCUT2D eigenvalue weighted by molar-refractivity contribution is 6.40. The maximum Gasteiger partial charge on any atom is 0.355 e. The van der Waals surface area contributed by atoms with Crippen molar-refractivity contribution in [1.29, 1.82) is 0 Å². The van der Waals surface area contributed by atoms with E-state index < -0.39 is 0 Å². The highest BCUT2D eigenvalue weighted by atomic mass is 16.5. The van der Waals surface area contributed by atoms with Gasteiger partial charge in [0.1, 0.15) is 6.04 Å². The molecule has 112 valence electrons. The molecular formula is C18H18N2O2. The second kappa shape index (κ2) is 6.02. The molecular weight excluding hydrogens is 276 g/mol. The van der Waals surface area contributed by atoms with Crippen molar-refractivity contribution in [3.05, 3.63) is 59.7 Å². The number of aryl methyl sites for hydroxylation is 1. The average molecular weight is 294 g/mol. The molecule has 4 heteroatoms. The SMILES string of the molecule is CCOC(=O)C1=Nc2ccccc2NC1c1ccc(C)cc1. The molecule has 1 heterocycles. The van der Waals surface area contributed by atoms with Crippen LogP contribution in [0.1, 0.15) is 24.1 Å². The van der Waals surface area contributed by atoms with Gasteiger partial charge in [0.15, 0.2) is 5.71 Å². The maximum atomic E-state index is 12.3. The third kappa shape index (κ3) is 2.72. The predicted octanol–water partition coefficient (Wildman–Crippen LogP) is 3.80. The van der Waals surface area contributed by atoms with Crippen molar-refractivity contribution in [2.45, 2.75) is 19.9 Å². The average Bonchev–Trinajstić information content (AvgIpc) is 2.54. The van der Waals surface area contributed by atoms with Gasteiger partial charge < -0.3 is 10.1 Å². The topological polar surface area (TPSA) is 50.7 Å². The molecule has 1 atom stereocenters.